The van der Waals surface area contributed by atoms with Gasteiger partial charge in [-0.3, -0.25) is 0 Å². The molecule has 4 nitrogen and oxygen atoms in total. The van der Waals surface area contributed by atoms with E-state index >= 15 is 0 Å². The second-order valence-electron chi connectivity index (χ2n) is 4.48. The summed E-state index contributed by atoms with van der Waals surface area (Å²) in [7, 11) is 0. The molecule has 0 aliphatic heterocycles. The van der Waals surface area contributed by atoms with Gasteiger partial charge in [-0.15, -0.1) is 0 Å². The number of ether oxygens (including phenoxy) is 1. The zero-order valence-corrected chi connectivity index (χ0v) is 10.1. The molecule has 1 N–H and O–H groups in total. The molecule has 0 spiro atoms. The molecule has 18 heavy (non-hydrogen) atoms. The van der Waals surface area contributed by atoms with Crippen LogP contribution in [0.4, 0.5) is 4.79 Å². The maximum atomic E-state index is 11.6. The fraction of sp³-hybridized carbons (Fsp3) is 0.429. The standard InChI is InChI=1S/C14H16N2O2/c15-9-12-7-4-8-13(12)16-14(17)18-10-11-5-2-1-3-6-11/h1-3,5-6,12-13H,4,7-8,10H2,(H,16,17)/t12-,13+/m1/s1. The molecule has 4 heteroatoms. The van der Waals surface area contributed by atoms with E-state index < -0.39 is 6.09 Å². The van der Waals surface area contributed by atoms with Crippen molar-refractivity contribution in [1.82, 2.24) is 5.32 Å². The third-order valence-corrected chi connectivity index (χ3v) is 3.20. The van der Waals surface area contributed by atoms with E-state index in [4.69, 9.17) is 10.00 Å². The van der Waals surface area contributed by atoms with Crippen molar-refractivity contribution in [1.29, 1.82) is 5.26 Å². The molecule has 2 rings (SSSR count). The first kappa shape index (κ1) is 12.4. The predicted octanol–water partition coefficient (Wildman–Crippen LogP) is 2.61. The second-order valence-corrected chi connectivity index (χ2v) is 4.48. The summed E-state index contributed by atoms with van der Waals surface area (Å²) in [5.74, 6) is -0.0747. The molecule has 1 aromatic rings. The average Bonchev–Trinajstić information content (AvgIpc) is 2.85. The Kier molecular flexibility index (Phi) is 4.19. The Bertz CT molecular complexity index is 439. The predicted molar refractivity (Wildman–Crippen MR) is 66.5 cm³/mol. The van der Waals surface area contributed by atoms with Crippen LogP contribution in [0.2, 0.25) is 0 Å². The molecule has 0 unspecified atom stereocenters. The van der Waals surface area contributed by atoms with Gasteiger partial charge in [-0.25, -0.2) is 4.79 Å². The van der Waals surface area contributed by atoms with Crippen molar-refractivity contribution in [2.24, 2.45) is 5.92 Å². The molecule has 1 aliphatic carbocycles. The van der Waals surface area contributed by atoms with Gasteiger partial charge < -0.3 is 10.1 Å². The van der Waals surface area contributed by atoms with Gasteiger partial charge in [0.15, 0.2) is 0 Å². The number of nitrogens with one attached hydrogen (secondary N) is 1. The maximum Gasteiger partial charge on any atom is 0.407 e. The highest BCUT2D eigenvalue weighted by atomic mass is 16.5. The minimum atomic E-state index is -0.439. The number of benzene rings is 1. The van der Waals surface area contributed by atoms with Gasteiger partial charge in [0.25, 0.3) is 0 Å². The molecule has 0 radical (unpaired) electrons. The van der Waals surface area contributed by atoms with E-state index in [-0.39, 0.29) is 18.6 Å². The summed E-state index contributed by atoms with van der Waals surface area (Å²) in [6.45, 7) is 0.261. The number of rotatable bonds is 3. The molecule has 1 fully saturated rings. The van der Waals surface area contributed by atoms with Gasteiger partial charge in [-0.2, -0.15) is 5.26 Å². The Morgan fingerprint density at radius 2 is 2.17 bits per heavy atom. The van der Waals surface area contributed by atoms with Crippen LogP contribution >= 0.6 is 0 Å². The van der Waals surface area contributed by atoms with Gasteiger partial charge in [0.1, 0.15) is 6.61 Å². The molecule has 1 amide bonds. The first-order chi connectivity index (χ1) is 8.79. The smallest absolute Gasteiger partial charge is 0.407 e. The van der Waals surface area contributed by atoms with E-state index in [1.54, 1.807) is 0 Å². The van der Waals surface area contributed by atoms with Crippen molar-refractivity contribution in [2.45, 2.75) is 31.9 Å². The molecule has 0 saturated heterocycles. The molecular formula is C14H16N2O2. The Morgan fingerprint density at radius 1 is 1.39 bits per heavy atom. The Labute approximate surface area is 107 Å². The number of carbonyl (C=O) groups is 1. The number of hydrogen-bond donors (Lipinski definition) is 1. The number of hydrogen-bond acceptors (Lipinski definition) is 3. The van der Waals surface area contributed by atoms with Crippen LogP contribution in [0, 0.1) is 17.2 Å². The Hall–Kier alpha value is -2.02. The zero-order chi connectivity index (χ0) is 12.8. The van der Waals surface area contributed by atoms with Gasteiger partial charge in [-0.1, -0.05) is 30.3 Å². The summed E-state index contributed by atoms with van der Waals surface area (Å²) >= 11 is 0. The van der Waals surface area contributed by atoms with Crippen LogP contribution in [0.15, 0.2) is 30.3 Å². The van der Waals surface area contributed by atoms with Crippen molar-refractivity contribution in [2.75, 3.05) is 0 Å². The van der Waals surface area contributed by atoms with Crippen LogP contribution in [-0.4, -0.2) is 12.1 Å². The lowest BCUT2D eigenvalue weighted by atomic mass is 10.1. The Morgan fingerprint density at radius 3 is 2.89 bits per heavy atom. The van der Waals surface area contributed by atoms with Crippen molar-refractivity contribution >= 4 is 6.09 Å². The summed E-state index contributed by atoms with van der Waals surface area (Å²) in [5.41, 5.74) is 0.955. The minimum Gasteiger partial charge on any atom is -0.445 e. The van der Waals surface area contributed by atoms with Crippen molar-refractivity contribution in [3.63, 3.8) is 0 Å². The van der Waals surface area contributed by atoms with E-state index in [0.717, 1.165) is 24.8 Å². The summed E-state index contributed by atoms with van der Waals surface area (Å²) in [6.07, 6.45) is 2.27. The summed E-state index contributed by atoms with van der Waals surface area (Å²) in [4.78, 5) is 11.6. The quantitative estimate of drug-likeness (QED) is 0.889. The lowest BCUT2D eigenvalue weighted by Crippen LogP contribution is -2.37. The maximum absolute atomic E-state index is 11.6. The van der Waals surface area contributed by atoms with Crippen LogP contribution in [0.25, 0.3) is 0 Å². The summed E-state index contributed by atoms with van der Waals surface area (Å²) in [5, 5.41) is 11.7. The van der Waals surface area contributed by atoms with Gasteiger partial charge in [0.05, 0.1) is 12.0 Å². The van der Waals surface area contributed by atoms with Crippen LogP contribution in [-0.2, 0) is 11.3 Å². The lowest BCUT2D eigenvalue weighted by Gasteiger charge is -2.15. The third-order valence-electron chi connectivity index (χ3n) is 3.20. The molecule has 0 bridgehead atoms. The van der Waals surface area contributed by atoms with Crippen molar-refractivity contribution in [3.8, 4) is 6.07 Å². The lowest BCUT2D eigenvalue weighted by molar-refractivity contribution is 0.134. The zero-order valence-electron chi connectivity index (χ0n) is 10.1. The number of nitriles is 1. The number of carbonyl (C=O) groups excluding carboxylic acids is 1. The second kappa shape index (κ2) is 6.06. The van der Waals surface area contributed by atoms with Gasteiger partial charge in [-0.05, 0) is 24.8 Å². The SMILES string of the molecule is N#C[C@H]1CCC[C@@H]1NC(=O)OCc1ccccc1. The molecular weight excluding hydrogens is 228 g/mol. The van der Waals surface area contributed by atoms with Crippen molar-refractivity contribution < 1.29 is 9.53 Å². The normalized spacial score (nSPS) is 22.2. The highest BCUT2D eigenvalue weighted by Crippen LogP contribution is 2.24. The van der Waals surface area contributed by atoms with E-state index in [9.17, 15) is 4.79 Å². The highest BCUT2D eigenvalue weighted by molar-refractivity contribution is 5.67. The number of alkyl carbamates (subject to hydrolysis) is 1. The largest absolute Gasteiger partial charge is 0.445 e. The Balaban J connectivity index is 1.77. The first-order valence-electron chi connectivity index (χ1n) is 6.16. The average molecular weight is 244 g/mol. The monoisotopic (exact) mass is 244 g/mol. The van der Waals surface area contributed by atoms with Crippen LogP contribution in [0.5, 0.6) is 0 Å². The highest BCUT2D eigenvalue weighted by Gasteiger charge is 2.28. The first-order valence-corrected chi connectivity index (χ1v) is 6.16. The minimum absolute atomic E-state index is 0.0572. The summed E-state index contributed by atoms with van der Waals surface area (Å²) < 4.78 is 5.12. The number of nitrogens with zero attached hydrogens (tertiary/aromatic N) is 1. The molecule has 0 aromatic heterocycles. The van der Waals surface area contributed by atoms with Gasteiger partial charge in [0.2, 0.25) is 0 Å². The van der Waals surface area contributed by atoms with E-state index in [1.165, 1.54) is 0 Å². The summed E-state index contributed by atoms with van der Waals surface area (Å²) in [6, 6.07) is 11.7. The van der Waals surface area contributed by atoms with E-state index in [1.807, 2.05) is 30.3 Å². The molecule has 0 heterocycles. The fourth-order valence-electron chi connectivity index (χ4n) is 2.20. The molecule has 1 aromatic carbocycles. The van der Waals surface area contributed by atoms with Crippen molar-refractivity contribution in [3.05, 3.63) is 35.9 Å². The third kappa shape index (κ3) is 3.24. The van der Waals surface area contributed by atoms with E-state index in [0.29, 0.717) is 0 Å². The fourth-order valence-corrected chi connectivity index (χ4v) is 2.20. The molecule has 1 aliphatic rings. The topological polar surface area (TPSA) is 62.1 Å². The molecule has 1 saturated carbocycles. The molecule has 2 atom stereocenters. The van der Waals surface area contributed by atoms with Crippen LogP contribution in [0.1, 0.15) is 24.8 Å². The van der Waals surface area contributed by atoms with E-state index in [2.05, 4.69) is 11.4 Å². The number of amides is 1. The van der Waals surface area contributed by atoms with Gasteiger partial charge in [0, 0.05) is 6.04 Å². The van der Waals surface area contributed by atoms with Crippen LogP contribution < -0.4 is 5.32 Å². The van der Waals surface area contributed by atoms with Gasteiger partial charge >= 0.3 is 6.09 Å². The van der Waals surface area contributed by atoms with Crippen LogP contribution in [0.3, 0.4) is 0 Å². The molecule has 94 valence electrons.